The van der Waals surface area contributed by atoms with Crippen LogP contribution in [-0.2, 0) is 0 Å². The molecule has 3 aromatic rings. The van der Waals surface area contributed by atoms with E-state index < -0.39 is 0 Å². The molecular formula is C20H20ClN3O. The van der Waals surface area contributed by atoms with Crippen LogP contribution in [0.4, 0.5) is 11.4 Å². The normalized spacial score (nSPS) is 14.7. The van der Waals surface area contributed by atoms with Gasteiger partial charge < -0.3 is 15.2 Å². The predicted molar refractivity (Wildman–Crippen MR) is 104 cm³/mol. The van der Waals surface area contributed by atoms with Gasteiger partial charge in [0.05, 0.1) is 10.5 Å². The Hall–Kier alpha value is -2.46. The van der Waals surface area contributed by atoms with E-state index in [1.165, 1.54) is 24.9 Å². The Kier molecular flexibility index (Phi) is 4.36. The summed E-state index contributed by atoms with van der Waals surface area (Å²) in [5, 5.41) is 4.48. The van der Waals surface area contributed by atoms with Crippen molar-refractivity contribution in [1.82, 2.24) is 4.98 Å². The van der Waals surface area contributed by atoms with Gasteiger partial charge in [-0.15, -0.1) is 0 Å². The Morgan fingerprint density at radius 1 is 1.04 bits per heavy atom. The van der Waals surface area contributed by atoms with Crippen molar-refractivity contribution in [3.8, 4) is 0 Å². The minimum atomic E-state index is -0.169. The number of H-pyrrole nitrogens is 1. The first-order valence-electron chi connectivity index (χ1n) is 8.64. The monoisotopic (exact) mass is 353 g/mol. The highest BCUT2D eigenvalue weighted by atomic mass is 35.5. The minimum Gasteiger partial charge on any atom is -0.372 e. The molecule has 0 aliphatic carbocycles. The number of carbonyl (C=O) groups excluding carboxylic acids is 1. The maximum absolute atomic E-state index is 12.5. The van der Waals surface area contributed by atoms with Crippen molar-refractivity contribution in [3.63, 3.8) is 0 Å². The number of carbonyl (C=O) groups is 1. The molecule has 0 saturated carbocycles. The van der Waals surface area contributed by atoms with Crippen molar-refractivity contribution in [3.05, 3.63) is 59.2 Å². The molecule has 1 aromatic heterocycles. The molecule has 0 radical (unpaired) electrons. The molecule has 1 aliphatic rings. The number of rotatable bonds is 3. The van der Waals surface area contributed by atoms with E-state index in [4.69, 9.17) is 11.6 Å². The number of nitrogens with zero attached hydrogens (tertiary/aromatic N) is 1. The van der Waals surface area contributed by atoms with Crippen LogP contribution in [-0.4, -0.2) is 24.0 Å². The number of nitrogens with one attached hydrogen (secondary N) is 2. The number of aromatic amines is 1. The molecular weight excluding hydrogens is 334 g/mol. The fraction of sp³-hybridized carbons (Fsp3) is 0.250. The lowest BCUT2D eigenvalue weighted by atomic mass is 10.1. The van der Waals surface area contributed by atoms with Crippen LogP contribution in [0.3, 0.4) is 0 Å². The Balaban J connectivity index is 1.49. The van der Waals surface area contributed by atoms with Crippen LogP contribution in [0, 0.1) is 0 Å². The van der Waals surface area contributed by atoms with Crippen molar-refractivity contribution in [2.45, 2.75) is 19.3 Å². The molecule has 1 amide bonds. The van der Waals surface area contributed by atoms with Crippen LogP contribution in [0.5, 0.6) is 0 Å². The van der Waals surface area contributed by atoms with Crippen molar-refractivity contribution >= 4 is 39.8 Å². The Morgan fingerprint density at radius 2 is 1.80 bits per heavy atom. The van der Waals surface area contributed by atoms with E-state index in [1.54, 1.807) is 6.07 Å². The number of hydrogen-bond acceptors (Lipinski definition) is 2. The largest absolute Gasteiger partial charge is 0.372 e. The van der Waals surface area contributed by atoms with E-state index in [2.05, 4.69) is 27.3 Å². The smallest absolute Gasteiger partial charge is 0.272 e. The van der Waals surface area contributed by atoms with Gasteiger partial charge in [-0.1, -0.05) is 23.7 Å². The predicted octanol–water partition coefficient (Wildman–Crippen LogP) is 5.06. The minimum absolute atomic E-state index is 0.169. The highest BCUT2D eigenvalue weighted by Crippen LogP contribution is 2.25. The first-order valence-corrected chi connectivity index (χ1v) is 9.02. The maximum atomic E-state index is 12.5. The molecule has 0 spiro atoms. The van der Waals surface area contributed by atoms with Gasteiger partial charge in [0.25, 0.3) is 5.91 Å². The lowest BCUT2D eigenvalue weighted by Gasteiger charge is -2.28. The third-order valence-corrected chi connectivity index (χ3v) is 5.01. The number of fused-ring (bicyclic) bond motifs is 1. The molecule has 5 heteroatoms. The molecule has 0 unspecified atom stereocenters. The summed E-state index contributed by atoms with van der Waals surface area (Å²) >= 11 is 6.16. The molecule has 0 bridgehead atoms. The van der Waals surface area contributed by atoms with Crippen molar-refractivity contribution in [1.29, 1.82) is 0 Å². The summed E-state index contributed by atoms with van der Waals surface area (Å²) in [6, 6.07) is 15.5. The Bertz CT molecular complexity index is 895. The van der Waals surface area contributed by atoms with Crippen LogP contribution in [0.15, 0.2) is 48.5 Å². The van der Waals surface area contributed by atoms with E-state index in [0.29, 0.717) is 10.7 Å². The van der Waals surface area contributed by atoms with Crippen LogP contribution < -0.4 is 10.2 Å². The zero-order valence-corrected chi connectivity index (χ0v) is 14.6. The molecule has 2 N–H and O–H groups in total. The molecule has 1 saturated heterocycles. The highest BCUT2D eigenvalue weighted by Gasteiger charge is 2.13. The van der Waals surface area contributed by atoms with Crippen molar-refractivity contribution in [2.75, 3.05) is 23.3 Å². The highest BCUT2D eigenvalue weighted by molar-refractivity contribution is 6.35. The average molecular weight is 354 g/mol. The zero-order valence-electron chi connectivity index (χ0n) is 13.9. The van der Waals surface area contributed by atoms with Crippen LogP contribution >= 0.6 is 11.6 Å². The summed E-state index contributed by atoms with van der Waals surface area (Å²) in [7, 11) is 0. The molecule has 2 aromatic carbocycles. The lowest BCUT2D eigenvalue weighted by Crippen LogP contribution is -2.29. The molecule has 1 fully saturated rings. The summed E-state index contributed by atoms with van der Waals surface area (Å²) in [4.78, 5) is 18.0. The number of aromatic nitrogens is 1. The summed E-state index contributed by atoms with van der Waals surface area (Å²) in [5.41, 5.74) is 3.29. The second kappa shape index (κ2) is 6.81. The SMILES string of the molecule is O=C(Nc1ccc(N2CCCCC2)cc1)c1cc2cccc(Cl)c2[nH]1. The Morgan fingerprint density at radius 3 is 2.52 bits per heavy atom. The molecule has 1 aliphatic heterocycles. The number of piperidine rings is 1. The van der Waals surface area contributed by atoms with E-state index in [-0.39, 0.29) is 5.91 Å². The zero-order chi connectivity index (χ0) is 17.2. The van der Waals surface area contributed by atoms with Gasteiger partial charge in [0, 0.05) is 29.9 Å². The van der Waals surface area contributed by atoms with Crippen LogP contribution in [0.2, 0.25) is 5.02 Å². The molecule has 4 nitrogen and oxygen atoms in total. The third-order valence-electron chi connectivity index (χ3n) is 4.70. The molecule has 2 heterocycles. The van der Waals surface area contributed by atoms with Gasteiger partial charge >= 0.3 is 0 Å². The van der Waals surface area contributed by atoms with Gasteiger partial charge in [0.1, 0.15) is 5.69 Å². The van der Waals surface area contributed by atoms with E-state index >= 15 is 0 Å². The van der Waals surface area contributed by atoms with Gasteiger partial charge in [0.2, 0.25) is 0 Å². The van der Waals surface area contributed by atoms with Gasteiger partial charge in [-0.25, -0.2) is 0 Å². The number of anilines is 2. The van der Waals surface area contributed by atoms with E-state index in [1.807, 2.05) is 30.3 Å². The maximum Gasteiger partial charge on any atom is 0.272 e. The van der Waals surface area contributed by atoms with Crippen molar-refractivity contribution in [2.24, 2.45) is 0 Å². The topological polar surface area (TPSA) is 48.1 Å². The molecule has 128 valence electrons. The van der Waals surface area contributed by atoms with Gasteiger partial charge in [-0.3, -0.25) is 4.79 Å². The number of para-hydroxylation sites is 1. The molecule has 0 atom stereocenters. The second-order valence-corrected chi connectivity index (χ2v) is 6.84. The fourth-order valence-corrected chi connectivity index (χ4v) is 3.58. The number of amides is 1. The summed E-state index contributed by atoms with van der Waals surface area (Å²) in [6.45, 7) is 2.23. The van der Waals surface area contributed by atoms with Crippen LogP contribution in [0.1, 0.15) is 29.8 Å². The fourth-order valence-electron chi connectivity index (χ4n) is 3.35. The van der Waals surface area contributed by atoms with Gasteiger partial charge in [-0.05, 0) is 55.7 Å². The van der Waals surface area contributed by atoms with Gasteiger partial charge in [-0.2, -0.15) is 0 Å². The second-order valence-electron chi connectivity index (χ2n) is 6.44. The quantitative estimate of drug-likeness (QED) is 0.691. The van der Waals surface area contributed by atoms with E-state index in [9.17, 15) is 4.79 Å². The van der Waals surface area contributed by atoms with Gasteiger partial charge in [0.15, 0.2) is 0 Å². The first-order chi connectivity index (χ1) is 12.2. The first kappa shape index (κ1) is 16.0. The van der Waals surface area contributed by atoms with E-state index in [0.717, 1.165) is 29.7 Å². The number of benzene rings is 2. The summed E-state index contributed by atoms with van der Waals surface area (Å²) < 4.78 is 0. The standard InChI is InChI=1S/C20H20ClN3O/c21-17-6-4-5-14-13-18(23-19(14)17)20(25)22-15-7-9-16(10-8-15)24-11-2-1-3-12-24/h4-10,13,23H,1-3,11-12H2,(H,22,25). The van der Waals surface area contributed by atoms with Crippen molar-refractivity contribution < 1.29 is 4.79 Å². The lowest BCUT2D eigenvalue weighted by molar-refractivity contribution is 0.102. The molecule has 25 heavy (non-hydrogen) atoms. The summed E-state index contributed by atoms with van der Waals surface area (Å²) in [5.74, 6) is -0.169. The summed E-state index contributed by atoms with van der Waals surface area (Å²) in [6.07, 6.45) is 3.82. The number of halogens is 1. The number of hydrogen-bond donors (Lipinski definition) is 2. The van der Waals surface area contributed by atoms with Crippen LogP contribution in [0.25, 0.3) is 10.9 Å². The Labute approximate surface area is 151 Å². The third kappa shape index (κ3) is 3.35. The molecule has 4 rings (SSSR count). The average Bonchev–Trinajstić information content (AvgIpc) is 3.09.